The molecular formula is C16H14ClFO2. The van der Waals surface area contributed by atoms with Crippen LogP contribution < -0.4 is 4.74 Å². The van der Waals surface area contributed by atoms with Crippen LogP contribution in [0, 0.1) is 5.82 Å². The van der Waals surface area contributed by atoms with E-state index in [1.54, 1.807) is 31.4 Å². The standard InChI is InChI=1S/C16H14ClFO2/c1-20-15-5-2-11(17)9-14(15)16(19)7-6-10-8-12(18)3-4-13(10)16/h2-5,8-9,19H,6-7H2,1H3. The van der Waals surface area contributed by atoms with Crippen molar-refractivity contribution >= 4 is 11.6 Å². The van der Waals surface area contributed by atoms with Crippen LogP contribution >= 0.6 is 11.6 Å². The van der Waals surface area contributed by atoms with Crippen LogP contribution in [0.4, 0.5) is 4.39 Å². The molecule has 2 nitrogen and oxygen atoms in total. The van der Waals surface area contributed by atoms with Crippen LogP contribution in [-0.4, -0.2) is 12.2 Å². The molecule has 4 heteroatoms. The second kappa shape index (κ2) is 4.76. The van der Waals surface area contributed by atoms with Crippen LogP contribution in [0.15, 0.2) is 36.4 Å². The largest absolute Gasteiger partial charge is 0.496 e. The average molecular weight is 293 g/mol. The molecule has 1 aliphatic rings. The maximum Gasteiger partial charge on any atom is 0.125 e. The maximum absolute atomic E-state index is 13.3. The van der Waals surface area contributed by atoms with Crippen molar-refractivity contribution in [1.82, 2.24) is 0 Å². The Morgan fingerprint density at radius 1 is 1.20 bits per heavy atom. The highest BCUT2D eigenvalue weighted by molar-refractivity contribution is 6.30. The zero-order chi connectivity index (χ0) is 14.3. The van der Waals surface area contributed by atoms with Crippen LogP contribution in [0.5, 0.6) is 5.75 Å². The third-order valence-corrected chi connectivity index (χ3v) is 4.11. The van der Waals surface area contributed by atoms with Gasteiger partial charge in [0.25, 0.3) is 0 Å². The third kappa shape index (κ3) is 1.98. The van der Waals surface area contributed by atoms with E-state index in [0.717, 1.165) is 11.1 Å². The molecule has 1 atom stereocenters. The van der Waals surface area contributed by atoms with Crippen LogP contribution in [0.2, 0.25) is 5.02 Å². The molecule has 0 aromatic heterocycles. The Balaban J connectivity index is 2.19. The number of aliphatic hydroxyl groups is 1. The summed E-state index contributed by atoms with van der Waals surface area (Å²) in [6.07, 6.45) is 1.11. The minimum absolute atomic E-state index is 0.286. The summed E-state index contributed by atoms with van der Waals surface area (Å²) >= 11 is 6.04. The van der Waals surface area contributed by atoms with E-state index in [1.165, 1.54) is 12.1 Å². The maximum atomic E-state index is 13.3. The molecule has 2 aromatic rings. The number of aryl methyl sites for hydroxylation is 1. The van der Waals surface area contributed by atoms with Gasteiger partial charge in [-0.05, 0) is 54.3 Å². The molecule has 0 bridgehead atoms. The van der Waals surface area contributed by atoms with Gasteiger partial charge in [0.1, 0.15) is 17.2 Å². The highest BCUT2D eigenvalue weighted by Crippen LogP contribution is 2.46. The lowest BCUT2D eigenvalue weighted by atomic mass is 9.87. The molecule has 0 amide bonds. The van der Waals surface area contributed by atoms with Gasteiger partial charge in [0.15, 0.2) is 0 Å². The lowest BCUT2D eigenvalue weighted by molar-refractivity contribution is 0.0800. The highest BCUT2D eigenvalue weighted by atomic mass is 35.5. The van der Waals surface area contributed by atoms with Crippen molar-refractivity contribution in [2.75, 3.05) is 7.11 Å². The fraction of sp³-hybridized carbons (Fsp3) is 0.250. The fourth-order valence-electron chi connectivity index (χ4n) is 2.91. The molecule has 0 spiro atoms. The van der Waals surface area contributed by atoms with Crippen molar-refractivity contribution in [3.05, 3.63) is 63.9 Å². The summed E-state index contributed by atoms with van der Waals surface area (Å²) in [6.45, 7) is 0. The molecule has 1 N–H and O–H groups in total. The Hall–Kier alpha value is -1.58. The van der Waals surface area contributed by atoms with Gasteiger partial charge in [-0.2, -0.15) is 0 Å². The minimum Gasteiger partial charge on any atom is -0.496 e. The Bertz CT molecular complexity index is 672. The number of hydrogen-bond donors (Lipinski definition) is 1. The molecule has 0 saturated heterocycles. The second-order valence-corrected chi connectivity index (χ2v) is 5.44. The molecule has 0 saturated carbocycles. The lowest BCUT2D eigenvalue weighted by Gasteiger charge is -2.26. The van der Waals surface area contributed by atoms with Gasteiger partial charge >= 0.3 is 0 Å². The molecule has 2 aromatic carbocycles. The van der Waals surface area contributed by atoms with Crippen molar-refractivity contribution in [1.29, 1.82) is 0 Å². The van der Waals surface area contributed by atoms with Crippen molar-refractivity contribution in [3.63, 3.8) is 0 Å². The first-order valence-corrected chi connectivity index (χ1v) is 6.78. The number of rotatable bonds is 2. The van der Waals surface area contributed by atoms with Crippen LogP contribution in [0.1, 0.15) is 23.1 Å². The van der Waals surface area contributed by atoms with E-state index in [0.29, 0.717) is 29.2 Å². The first-order valence-electron chi connectivity index (χ1n) is 6.40. The molecular weight excluding hydrogens is 279 g/mol. The first-order chi connectivity index (χ1) is 9.54. The zero-order valence-corrected chi connectivity index (χ0v) is 11.7. The number of hydrogen-bond acceptors (Lipinski definition) is 2. The zero-order valence-electron chi connectivity index (χ0n) is 11.0. The van der Waals surface area contributed by atoms with Gasteiger partial charge in [0, 0.05) is 10.6 Å². The molecule has 0 heterocycles. The molecule has 3 rings (SSSR count). The number of ether oxygens (including phenoxy) is 1. The summed E-state index contributed by atoms with van der Waals surface area (Å²) in [7, 11) is 1.55. The summed E-state index contributed by atoms with van der Waals surface area (Å²) in [5.41, 5.74) is 0.992. The number of halogens is 2. The minimum atomic E-state index is -1.18. The van der Waals surface area contributed by atoms with Gasteiger partial charge < -0.3 is 9.84 Å². The normalized spacial score (nSPS) is 20.8. The molecule has 0 aliphatic heterocycles. The number of fused-ring (bicyclic) bond motifs is 1. The molecule has 20 heavy (non-hydrogen) atoms. The van der Waals surface area contributed by atoms with Gasteiger partial charge in [-0.3, -0.25) is 0 Å². The van der Waals surface area contributed by atoms with Gasteiger partial charge in [0.2, 0.25) is 0 Å². The third-order valence-electron chi connectivity index (χ3n) is 3.88. The summed E-state index contributed by atoms with van der Waals surface area (Å²) in [5, 5.41) is 11.6. The van der Waals surface area contributed by atoms with E-state index in [9.17, 15) is 9.50 Å². The van der Waals surface area contributed by atoms with Gasteiger partial charge in [-0.25, -0.2) is 4.39 Å². The van der Waals surface area contributed by atoms with Crippen molar-refractivity contribution in [2.45, 2.75) is 18.4 Å². The Labute approximate surface area is 121 Å². The molecule has 104 valence electrons. The van der Waals surface area contributed by atoms with Crippen LogP contribution in [-0.2, 0) is 12.0 Å². The van der Waals surface area contributed by atoms with Gasteiger partial charge in [-0.1, -0.05) is 17.7 Å². The summed E-state index contributed by atoms with van der Waals surface area (Å²) in [6, 6.07) is 9.64. The molecule has 0 radical (unpaired) electrons. The summed E-state index contributed by atoms with van der Waals surface area (Å²) < 4.78 is 18.6. The SMILES string of the molecule is COc1ccc(Cl)cc1C1(O)CCc2cc(F)ccc21. The predicted octanol–water partition coefficient (Wildman–Crippen LogP) is 3.67. The highest BCUT2D eigenvalue weighted by Gasteiger charge is 2.40. The van der Waals surface area contributed by atoms with E-state index in [-0.39, 0.29) is 5.82 Å². The fourth-order valence-corrected chi connectivity index (χ4v) is 3.08. The number of benzene rings is 2. The van der Waals surface area contributed by atoms with Gasteiger partial charge in [-0.15, -0.1) is 0 Å². The number of methoxy groups -OCH3 is 1. The van der Waals surface area contributed by atoms with Gasteiger partial charge in [0.05, 0.1) is 7.11 Å². The summed E-state index contributed by atoms with van der Waals surface area (Å²) in [4.78, 5) is 0. The first kappa shape index (κ1) is 13.4. The summed E-state index contributed by atoms with van der Waals surface area (Å²) in [5.74, 6) is 0.292. The molecule has 1 unspecified atom stereocenters. The van der Waals surface area contributed by atoms with Crippen molar-refractivity contribution < 1.29 is 14.2 Å². The van der Waals surface area contributed by atoms with E-state index in [1.807, 2.05) is 0 Å². The predicted molar refractivity (Wildman–Crippen MR) is 75.7 cm³/mol. The van der Waals surface area contributed by atoms with E-state index < -0.39 is 5.60 Å². The van der Waals surface area contributed by atoms with Crippen molar-refractivity contribution in [2.24, 2.45) is 0 Å². The lowest BCUT2D eigenvalue weighted by Crippen LogP contribution is -2.24. The quantitative estimate of drug-likeness (QED) is 0.915. The Kier molecular flexibility index (Phi) is 3.19. The van der Waals surface area contributed by atoms with E-state index in [4.69, 9.17) is 16.3 Å². The van der Waals surface area contributed by atoms with Crippen LogP contribution in [0.3, 0.4) is 0 Å². The van der Waals surface area contributed by atoms with E-state index in [2.05, 4.69) is 0 Å². The molecule has 1 aliphatic carbocycles. The monoisotopic (exact) mass is 292 g/mol. The van der Waals surface area contributed by atoms with Crippen molar-refractivity contribution in [3.8, 4) is 5.75 Å². The van der Waals surface area contributed by atoms with E-state index >= 15 is 0 Å². The second-order valence-electron chi connectivity index (χ2n) is 5.01. The smallest absolute Gasteiger partial charge is 0.125 e. The topological polar surface area (TPSA) is 29.5 Å². The Morgan fingerprint density at radius 2 is 2.00 bits per heavy atom. The molecule has 0 fully saturated rings. The average Bonchev–Trinajstić information content (AvgIpc) is 2.77. The van der Waals surface area contributed by atoms with Crippen LogP contribution in [0.25, 0.3) is 0 Å². The Morgan fingerprint density at radius 3 is 2.75 bits per heavy atom.